The van der Waals surface area contributed by atoms with Crippen molar-refractivity contribution in [3.63, 3.8) is 0 Å². The Hall–Kier alpha value is -2.48. The smallest absolute Gasteiger partial charge is 0.345 e. The van der Waals surface area contributed by atoms with Crippen LogP contribution in [0.1, 0.15) is 20.2 Å². The second-order valence-corrected chi connectivity index (χ2v) is 4.30. The first-order valence-electron chi connectivity index (χ1n) is 4.75. The van der Waals surface area contributed by atoms with Crippen LogP contribution < -0.4 is 10.9 Å². The third-order valence-electron chi connectivity index (χ3n) is 1.96. The highest BCUT2D eigenvalue weighted by atomic mass is 32.1. The second kappa shape index (κ2) is 4.80. The van der Waals surface area contributed by atoms with Crippen molar-refractivity contribution >= 4 is 28.2 Å². The van der Waals surface area contributed by atoms with Gasteiger partial charge in [-0.3, -0.25) is 9.59 Å². The fourth-order valence-corrected chi connectivity index (χ4v) is 1.90. The SMILES string of the molecule is O=C(Nc1ccc(C(=O)O)s1)c1c[nH]c(=O)cn1. The number of anilines is 1. The van der Waals surface area contributed by atoms with E-state index in [-0.39, 0.29) is 10.6 Å². The summed E-state index contributed by atoms with van der Waals surface area (Å²) < 4.78 is 0. The van der Waals surface area contributed by atoms with Crippen molar-refractivity contribution in [1.82, 2.24) is 9.97 Å². The molecular formula is C10H7N3O4S. The van der Waals surface area contributed by atoms with Gasteiger partial charge in [-0.1, -0.05) is 0 Å². The van der Waals surface area contributed by atoms with Crippen molar-refractivity contribution < 1.29 is 14.7 Å². The molecule has 18 heavy (non-hydrogen) atoms. The van der Waals surface area contributed by atoms with E-state index in [4.69, 9.17) is 5.11 Å². The Balaban J connectivity index is 2.13. The maximum absolute atomic E-state index is 11.7. The molecule has 0 saturated carbocycles. The predicted molar refractivity (Wildman–Crippen MR) is 64.1 cm³/mol. The van der Waals surface area contributed by atoms with E-state index in [0.717, 1.165) is 17.5 Å². The van der Waals surface area contributed by atoms with E-state index in [2.05, 4.69) is 15.3 Å². The molecule has 2 aromatic rings. The third kappa shape index (κ3) is 2.61. The van der Waals surface area contributed by atoms with E-state index in [1.807, 2.05) is 0 Å². The van der Waals surface area contributed by atoms with Gasteiger partial charge >= 0.3 is 5.97 Å². The molecule has 0 fully saturated rings. The molecule has 2 rings (SSSR count). The van der Waals surface area contributed by atoms with E-state index in [1.165, 1.54) is 18.3 Å². The van der Waals surface area contributed by atoms with Gasteiger partial charge in [0.25, 0.3) is 11.5 Å². The molecule has 0 aliphatic carbocycles. The zero-order valence-electron chi connectivity index (χ0n) is 8.84. The first-order valence-corrected chi connectivity index (χ1v) is 5.57. The second-order valence-electron chi connectivity index (χ2n) is 3.22. The number of carboxylic acid groups (broad SMARTS) is 1. The van der Waals surface area contributed by atoms with E-state index in [1.54, 1.807) is 0 Å². The number of aromatic nitrogens is 2. The molecule has 0 aliphatic rings. The van der Waals surface area contributed by atoms with Gasteiger partial charge < -0.3 is 15.4 Å². The van der Waals surface area contributed by atoms with E-state index < -0.39 is 17.4 Å². The molecular weight excluding hydrogens is 258 g/mol. The number of carboxylic acids is 1. The predicted octanol–water partition coefficient (Wildman–Crippen LogP) is 0.782. The number of hydrogen-bond donors (Lipinski definition) is 3. The molecule has 0 spiro atoms. The lowest BCUT2D eigenvalue weighted by atomic mass is 10.4. The van der Waals surface area contributed by atoms with Crippen LogP contribution in [0.3, 0.4) is 0 Å². The number of nitrogens with one attached hydrogen (secondary N) is 2. The third-order valence-corrected chi connectivity index (χ3v) is 2.95. The first-order chi connectivity index (χ1) is 8.56. The minimum Gasteiger partial charge on any atom is -0.477 e. The molecule has 7 nitrogen and oxygen atoms in total. The Kier molecular flexibility index (Phi) is 3.20. The minimum absolute atomic E-state index is 0.0416. The molecule has 0 saturated heterocycles. The lowest BCUT2D eigenvalue weighted by molar-refractivity contribution is 0.0702. The number of aromatic amines is 1. The Morgan fingerprint density at radius 2 is 2.17 bits per heavy atom. The number of aromatic carboxylic acids is 1. The zero-order valence-corrected chi connectivity index (χ0v) is 9.65. The van der Waals surface area contributed by atoms with Crippen LogP contribution in [0, 0.1) is 0 Å². The normalized spacial score (nSPS) is 10.0. The molecule has 0 aliphatic heterocycles. The summed E-state index contributed by atoms with van der Waals surface area (Å²) in [5.41, 5.74) is -0.365. The van der Waals surface area contributed by atoms with Crippen LogP contribution >= 0.6 is 11.3 Å². The van der Waals surface area contributed by atoms with Gasteiger partial charge in [-0.25, -0.2) is 9.78 Å². The lowest BCUT2D eigenvalue weighted by Gasteiger charge is -2.00. The largest absolute Gasteiger partial charge is 0.477 e. The van der Waals surface area contributed by atoms with Crippen LogP contribution in [0.2, 0.25) is 0 Å². The summed E-state index contributed by atoms with van der Waals surface area (Å²) in [6, 6.07) is 2.88. The number of thiophene rings is 1. The highest BCUT2D eigenvalue weighted by Gasteiger charge is 2.11. The van der Waals surface area contributed by atoms with Gasteiger partial charge in [-0.15, -0.1) is 11.3 Å². The standard InChI is InChI=1S/C10H7N3O4S/c14-7-4-11-5(3-12-7)9(15)13-8-2-1-6(18-8)10(16)17/h1-4H,(H,12,14)(H,13,15)(H,16,17). The fraction of sp³-hybridized carbons (Fsp3) is 0. The topological polar surface area (TPSA) is 112 Å². The molecule has 0 atom stereocenters. The highest BCUT2D eigenvalue weighted by Crippen LogP contribution is 2.21. The van der Waals surface area contributed by atoms with E-state index in [0.29, 0.717) is 5.00 Å². The Labute approximate surface area is 104 Å². The molecule has 0 unspecified atom stereocenters. The summed E-state index contributed by atoms with van der Waals surface area (Å²) in [6.07, 6.45) is 2.18. The molecule has 2 aromatic heterocycles. The molecule has 0 bridgehead atoms. The summed E-state index contributed by atoms with van der Waals surface area (Å²) >= 11 is 0.936. The molecule has 8 heteroatoms. The Bertz CT molecular complexity index is 641. The van der Waals surface area contributed by atoms with Gasteiger partial charge in [0.15, 0.2) is 0 Å². The van der Waals surface area contributed by atoms with Crippen LogP contribution in [0.5, 0.6) is 0 Å². The van der Waals surface area contributed by atoms with Crippen molar-refractivity contribution in [2.24, 2.45) is 0 Å². The highest BCUT2D eigenvalue weighted by molar-refractivity contribution is 7.18. The van der Waals surface area contributed by atoms with Gasteiger partial charge in [-0.2, -0.15) is 0 Å². The summed E-state index contributed by atoms with van der Waals surface area (Å²) in [5.74, 6) is -1.58. The van der Waals surface area contributed by atoms with Crippen molar-refractivity contribution in [1.29, 1.82) is 0 Å². The zero-order chi connectivity index (χ0) is 13.1. The molecule has 3 N–H and O–H groups in total. The average molecular weight is 265 g/mol. The van der Waals surface area contributed by atoms with Crippen molar-refractivity contribution in [2.45, 2.75) is 0 Å². The summed E-state index contributed by atoms with van der Waals surface area (Å²) in [7, 11) is 0. The molecule has 92 valence electrons. The van der Waals surface area contributed by atoms with Crippen LogP contribution in [0.25, 0.3) is 0 Å². The van der Waals surface area contributed by atoms with Gasteiger partial charge in [-0.05, 0) is 12.1 Å². The number of amides is 1. The fourth-order valence-electron chi connectivity index (χ4n) is 1.16. The van der Waals surface area contributed by atoms with Gasteiger partial charge in [0.2, 0.25) is 0 Å². The number of hydrogen-bond acceptors (Lipinski definition) is 5. The van der Waals surface area contributed by atoms with Crippen LogP contribution in [-0.4, -0.2) is 27.0 Å². The van der Waals surface area contributed by atoms with E-state index in [9.17, 15) is 14.4 Å². The summed E-state index contributed by atoms with van der Waals surface area (Å²) in [6.45, 7) is 0. The van der Waals surface area contributed by atoms with Crippen molar-refractivity contribution in [3.05, 3.63) is 45.5 Å². The number of rotatable bonds is 3. The maximum Gasteiger partial charge on any atom is 0.345 e. The van der Waals surface area contributed by atoms with E-state index >= 15 is 0 Å². The van der Waals surface area contributed by atoms with Crippen molar-refractivity contribution in [3.8, 4) is 0 Å². The average Bonchev–Trinajstić information content (AvgIpc) is 2.78. The van der Waals surface area contributed by atoms with Gasteiger partial charge in [0.1, 0.15) is 10.6 Å². The van der Waals surface area contributed by atoms with Gasteiger partial charge in [0.05, 0.1) is 11.2 Å². The minimum atomic E-state index is -1.05. The summed E-state index contributed by atoms with van der Waals surface area (Å²) in [5, 5.41) is 11.6. The summed E-state index contributed by atoms with van der Waals surface area (Å²) in [4.78, 5) is 39.2. The number of carbonyl (C=O) groups is 2. The van der Waals surface area contributed by atoms with Crippen molar-refractivity contribution in [2.75, 3.05) is 5.32 Å². The van der Waals surface area contributed by atoms with Crippen LogP contribution in [0.4, 0.5) is 5.00 Å². The van der Waals surface area contributed by atoms with Crippen LogP contribution in [-0.2, 0) is 0 Å². The number of H-pyrrole nitrogens is 1. The molecule has 2 heterocycles. The lowest BCUT2D eigenvalue weighted by Crippen LogP contribution is -2.16. The molecule has 0 aromatic carbocycles. The van der Waals surface area contributed by atoms with Crippen LogP contribution in [0.15, 0.2) is 29.3 Å². The Morgan fingerprint density at radius 1 is 1.39 bits per heavy atom. The number of carbonyl (C=O) groups excluding carboxylic acids is 1. The first kappa shape index (κ1) is 12.0. The Morgan fingerprint density at radius 3 is 2.72 bits per heavy atom. The maximum atomic E-state index is 11.7. The molecule has 0 radical (unpaired) electrons. The van der Waals surface area contributed by atoms with Gasteiger partial charge in [0, 0.05) is 6.20 Å². The number of nitrogens with zero attached hydrogens (tertiary/aromatic N) is 1. The molecule has 1 amide bonds. The monoisotopic (exact) mass is 265 g/mol. The quantitative estimate of drug-likeness (QED) is 0.759.